The van der Waals surface area contributed by atoms with Crippen LogP contribution in [0.4, 0.5) is 28.4 Å². The first-order valence-corrected chi connectivity index (χ1v) is 11.7. The van der Waals surface area contributed by atoms with Gasteiger partial charge < -0.3 is 20.1 Å². The molecule has 38 heavy (non-hydrogen) atoms. The summed E-state index contributed by atoms with van der Waals surface area (Å²) in [5.41, 5.74) is -0.367. The minimum absolute atomic E-state index is 0.157. The summed E-state index contributed by atoms with van der Waals surface area (Å²) < 4.78 is 37.6. The molecular weight excluding hydrogens is 526 g/mol. The molecule has 0 spiro atoms. The second-order valence-corrected chi connectivity index (χ2v) is 9.11. The SMILES string of the molecule is COc1cc(N=Nc2cc([N+](=O)[O-])c(O)c(S(=O)(=O)O)c2)c(C)cc1N=Nc1cc(C)c(O)c(C(=O)O)c1. The summed E-state index contributed by atoms with van der Waals surface area (Å²) in [6, 6.07) is 6.97. The number of aromatic hydroxyl groups is 2. The smallest absolute Gasteiger partial charge is 0.339 e. The Balaban J connectivity index is 2.01. The Morgan fingerprint density at radius 2 is 1.50 bits per heavy atom. The molecule has 0 fully saturated rings. The van der Waals surface area contributed by atoms with Crippen LogP contribution in [0.3, 0.4) is 0 Å². The van der Waals surface area contributed by atoms with E-state index in [1.54, 1.807) is 6.92 Å². The number of aryl methyl sites for hydroxylation is 2. The van der Waals surface area contributed by atoms with Crippen molar-refractivity contribution >= 4 is 44.5 Å². The molecule has 0 atom stereocenters. The zero-order valence-electron chi connectivity index (χ0n) is 19.8. The zero-order chi connectivity index (χ0) is 28.4. The number of nitro groups is 1. The first-order chi connectivity index (χ1) is 17.7. The highest BCUT2D eigenvalue weighted by Crippen LogP contribution is 2.40. The molecule has 0 aliphatic rings. The Bertz CT molecular complexity index is 1630. The van der Waals surface area contributed by atoms with E-state index in [2.05, 4.69) is 20.5 Å². The zero-order valence-corrected chi connectivity index (χ0v) is 20.7. The summed E-state index contributed by atoms with van der Waals surface area (Å²) in [5, 5.41) is 55.9. The number of phenolic OH excluding ortho intramolecular Hbond substituents is 1. The third-order valence-corrected chi connectivity index (χ3v) is 5.94. The molecule has 15 nitrogen and oxygen atoms in total. The van der Waals surface area contributed by atoms with Crippen LogP contribution in [0.1, 0.15) is 21.5 Å². The standard InChI is InChI=1S/C22H19N5O10S/c1-10-5-16(26-23-12-4-11(2)20(28)14(6-12)22(30)31)18(37-3)9-15(10)25-24-13-7-17(27(32)33)21(29)19(8-13)38(34,35)36/h4-9,28-29H,1-3H3,(H,30,31)(H,34,35,36). The van der Waals surface area contributed by atoms with E-state index >= 15 is 0 Å². The maximum atomic E-state index is 11.5. The fourth-order valence-electron chi connectivity index (χ4n) is 3.19. The molecule has 0 saturated heterocycles. The van der Waals surface area contributed by atoms with Gasteiger partial charge in [0.1, 0.15) is 27.6 Å². The van der Waals surface area contributed by atoms with Gasteiger partial charge in [0, 0.05) is 12.1 Å². The number of phenols is 2. The van der Waals surface area contributed by atoms with Gasteiger partial charge >= 0.3 is 11.7 Å². The van der Waals surface area contributed by atoms with Crippen LogP contribution in [0.25, 0.3) is 0 Å². The molecule has 3 aromatic rings. The first-order valence-electron chi connectivity index (χ1n) is 10.3. The van der Waals surface area contributed by atoms with Gasteiger partial charge in [-0.15, -0.1) is 5.11 Å². The van der Waals surface area contributed by atoms with E-state index in [1.807, 2.05) is 0 Å². The molecular formula is C22H19N5O10S. The Morgan fingerprint density at radius 3 is 2.05 bits per heavy atom. The topological polar surface area (TPSA) is 234 Å². The molecule has 0 radical (unpaired) electrons. The Kier molecular flexibility index (Phi) is 7.68. The summed E-state index contributed by atoms with van der Waals surface area (Å²) in [7, 11) is -3.67. The van der Waals surface area contributed by atoms with Crippen LogP contribution >= 0.6 is 0 Å². The highest BCUT2D eigenvalue weighted by molar-refractivity contribution is 7.86. The highest BCUT2D eigenvalue weighted by Gasteiger charge is 2.26. The second kappa shape index (κ2) is 10.6. The van der Waals surface area contributed by atoms with Crippen LogP contribution in [0, 0.1) is 24.0 Å². The summed E-state index contributed by atoms with van der Waals surface area (Å²) in [5.74, 6) is -2.81. The number of benzene rings is 3. The number of hydrogen-bond donors (Lipinski definition) is 4. The number of carbonyl (C=O) groups is 1. The number of rotatable bonds is 8. The summed E-state index contributed by atoms with van der Waals surface area (Å²) >= 11 is 0. The van der Waals surface area contributed by atoms with Crippen molar-refractivity contribution < 1.29 is 42.7 Å². The monoisotopic (exact) mass is 545 g/mol. The van der Waals surface area contributed by atoms with Crippen LogP contribution in [0.5, 0.6) is 17.2 Å². The van der Waals surface area contributed by atoms with Crippen molar-refractivity contribution in [2.24, 2.45) is 20.5 Å². The van der Waals surface area contributed by atoms with Crippen LogP contribution in [0.15, 0.2) is 61.8 Å². The molecule has 0 aliphatic heterocycles. The second-order valence-electron chi connectivity index (χ2n) is 7.72. The van der Waals surface area contributed by atoms with Crippen molar-refractivity contribution in [3.8, 4) is 17.2 Å². The van der Waals surface area contributed by atoms with Gasteiger partial charge in [0.2, 0.25) is 5.75 Å². The maximum Gasteiger partial charge on any atom is 0.339 e. The fourth-order valence-corrected chi connectivity index (χ4v) is 3.81. The minimum atomic E-state index is -5.01. The molecule has 0 aliphatic carbocycles. The lowest BCUT2D eigenvalue weighted by molar-refractivity contribution is -0.386. The maximum absolute atomic E-state index is 11.5. The van der Waals surface area contributed by atoms with Crippen molar-refractivity contribution in [3.05, 3.63) is 63.2 Å². The first kappa shape index (κ1) is 27.6. The Hall–Kier alpha value is -4.96. The predicted octanol–water partition coefficient (Wildman–Crippen LogP) is 5.41. The van der Waals surface area contributed by atoms with Gasteiger partial charge in [-0.1, -0.05) is 0 Å². The molecule has 0 heterocycles. The van der Waals surface area contributed by atoms with Crippen LogP contribution < -0.4 is 4.74 Å². The molecule has 3 rings (SSSR count). The summed E-state index contributed by atoms with van der Waals surface area (Å²) in [6.07, 6.45) is 0. The molecule has 0 aromatic heterocycles. The molecule has 16 heteroatoms. The normalized spacial score (nSPS) is 11.8. The number of methoxy groups -OCH3 is 1. The number of ether oxygens (including phenoxy) is 1. The fraction of sp³-hybridized carbons (Fsp3) is 0.136. The van der Waals surface area contributed by atoms with Crippen LogP contribution in [-0.4, -0.2) is 46.3 Å². The third kappa shape index (κ3) is 5.88. The van der Waals surface area contributed by atoms with E-state index in [4.69, 9.17) is 4.74 Å². The van der Waals surface area contributed by atoms with Gasteiger partial charge in [0.25, 0.3) is 10.1 Å². The Labute approximate surface area is 214 Å². The lowest BCUT2D eigenvalue weighted by Gasteiger charge is -2.08. The van der Waals surface area contributed by atoms with Gasteiger partial charge in [-0.05, 0) is 49.2 Å². The number of nitro benzene ring substituents is 1. The van der Waals surface area contributed by atoms with E-state index in [1.165, 1.54) is 32.2 Å². The Morgan fingerprint density at radius 1 is 0.895 bits per heavy atom. The van der Waals surface area contributed by atoms with E-state index in [0.29, 0.717) is 11.6 Å². The van der Waals surface area contributed by atoms with E-state index < -0.39 is 37.3 Å². The summed E-state index contributed by atoms with van der Waals surface area (Å²) in [4.78, 5) is 20.3. The number of nitrogens with zero attached hydrogens (tertiary/aromatic N) is 5. The van der Waals surface area contributed by atoms with Crippen molar-refractivity contribution in [1.82, 2.24) is 0 Å². The number of carboxylic acids is 1. The van der Waals surface area contributed by atoms with Crippen LogP contribution in [0.2, 0.25) is 0 Å². The predicted molar refractivity (Wildman–Crippen MR) is 130 cm³/mol. The van der Waals surface area contributed by atoms with Crippen LogP contribution in [-0.2, 0) is 10.1 Å². The highest BCUT2D eigenvalue weighted by atomic mass is 32.2. The quantitative estimate of drug-likeness (QED) is 0.121. The van der Waals surface area contributed by atoms with Crippen molar-refractivity contribution in [2.45, 2.75) is 18.7 Å². The molecule has 3 aromatic carbocycles. The van der Waals surface area contributed by atoms with E-state index in [0.717, 1.165) is 12.1 Å². The van der Waals surface area contributed by atoms with Gasteiger partial charge in [-0.25, -0.2) is 4.79 Å². The number of aromatic carboxylic acids is 1. The number of azo groups is 2. The summed E-state index contributed by atoms with van der Waals surface area (Å²) in [6.45, 7) is 3.12. The van der Waals surface area contributed by atoms with Crippen molar-refractivity contribution in [1.29, 1.82) is 0 Å². The molecule has 198 valence electrons. The molecule has 0 bridgehead atoms. The third-order valence-electron chi connectivity index (χ3n) is 5.07. The minimum Gasteiger partial charge on any atom is -0.507 e. The molecule has 0 saturated carbocycles. The van der Waals surface area contributed by atoms with E-state index in [-0.39, 0.29) is 45.4 Å². The number of hydrogen-bond acceptors (Lipinski definition) is 12. The average molecular weight is 545 g/mol. The number of carboxylic acid groups (broad SMARTS) is 1. The van der Waals surface area contributed by atoms with Gasteiger partial charge in [-0.2, -0.15) is 23.8 Å². The van der Waals surface area contributed by atoms with Gasteiger partial charge in [0.05, 0.1) is 29.1 Å². The largest absolute Gasteiger partial charge is 0.507 e. The van der Waals surface area contributed by atoms with Crippen molar-refractivity contribution in [3.63, 3.8) is 0 Å². The molecule has 4 N–H and O–H groups in total. The van der Waals surface area contributed by atoms with Crippen molar-refractivity contribution in [2.75, 3.05) is 7.11 Å². The lowest BCUT2D eigenvalue weighted by atomic mass is 10.1. The lowest BCUT2D eigenvalue weighted by Crippen LogP contribution is -2.00. The molecule has 0 amide bonds. The molecule has 0 unspecified atom stereocenters. The average Bonchev–Trinajstić information content (AvgIpc) is 2.83. The van der Waals surface area contributed by atoms with Gasteiger partial charge in [-0.3, -0.25) is 14.7 Å². The van der Waals surface area contributed by atoms with E-state index in [9.17, 15) is 43.2 Å². The van der Waals surface area contributed by atoms with Gasteiger partial charge in [0.15, 0.2) is 0 Å².